The lowest BCUT2D eigenvalue weighted by atomic mass is 10.0. The molecule has 0 radical (unpaired) electrons. The lowest BCUT2D eigenvalue weighted by Crippen LogP contribution is -2.03. The number of nitrogens with zero attached hydrogens (tertiary/aromatic N) is 1. The highest BCUT2D eigenvalue weighted by Crippen LogP contribution is 2.29. The number of aryl methyl sites for hydroxylation is 1. The van der Waals surface area contributed by atoms with E-state index < -0.39 is 6.10 Å². The van der Waals surface area contributed by atoms with Crippen LogP contribution in [0.5, 0.6) is 0 Å². The van der Waals surface area contributed by atoms with Crippen LogP contribution in [0.1, 0.15) is 22.9 Å². The summed E-state index contributed by atoms with van der Waals surface area (Å²) in [6, 6.07) is 23.8. The van der Waals surface area contributed by atoms with Gasteiger partial charge in [0.15, 0.2) is 0 Å². The summed E-state index contributed by atoms with van der Waals surface area (Å²) >= 11 is 1.63. The van der Waals surface area contributed by atoms with E-state index in [9.17, 15) is 5.11 Å². The van der Waals surface area contributed by atoms with Crippen LogP contribution in [-0.4, -0.2) is 10.1 Å². The molecule has 0 saturated carbocycles. The van der Waals surface area contributed by atoms with Gasteiger partial charge in [-0.15, -0.1) is 0 Å². The van der Waals surface area contributed by atoms with Crippen molar-refractivity contribution in [3.63, 3.8) is 0 Å². The van der Waals surface area contributed by atoms with Gasteiger partial charge in [0.2, 0.25) is 0 Å². The Labute approximate surface area is 134 Å². The molecule has 2 aromatic carbocycles. The van der Waals surface area contributed by atoms with Crippen molar-refractivity contribution < 1.29 is 5.11 Å². The lowest BCUT2D eigenvalue weighted by Gasteiger charge is -2.14. The fraction of sp³-hybridized carbons (Fsp3) is 0.105. The van der Waals surface area contributed by atoms with Crippen LogP contribution < -0.4 is 0 Å². The molecule has 0 aliphatic heterocycles. The maximum Gasteiger partial charge on any atom is 0.106 e. The molecular weight excluding hydrogens is 290 g/mol. The van der Waals surface area contributed by atoms with Crippen molar-refractivity contribution in [2.24, 2.45) is 0 Å². The second-order valence-electron chi connectivity index (χ2n) is 5.05. The zero-order chi connectivity index (χ0) is 15.4. The summed E-state index contributed by atoms with van der Waals surface area (Å²) in [6.07, 6.45) is -0.635. The molecule has 0 aliphatic rings. The highest BCUT2D eigenvalue weighted by atomic mass is 32.2. The number of aliphatic hydroxyl groups excluding tert-OH is 1. The molecule has 2 nitrogen and oxygen atoms in total. The number of hydrogen-bond acceptors (Lipinski definition) is 3. The normalized spacial score (nSPS) is 12.1. The number of rotatable bonds is 4. The van der Waals surface area contributed by atoms with Crippen LogP contribution in [0.15, 0.2) is 82.7 Å². The molecule has 22 heavy (non-hydrogen) atoms. The van der Waals surface area contributed by atoms with Crippen LogP contribution >= 0.6 is 11.8 Å². The van der Waals surface area contributed by atoms with Crippen LogP contribution in [-0.2, 0) is 0 Å². The largest absolute Gasteiger partial charge is 0.384 e. The number of pyridine rings is 1. The maximum atomic E-state index is 10.5. The molecule has 0 saturated heterocycles. The zero-order valence-corrected chi connectivity index (χ0v) is 13.1. The van der Waals surface area contributed by atoms with Gasteiger partial charge in [-0.2, -0.15) is 0 Å². The van der Waals surface area contributed by atoms with Crippen molar-refractivity contribution in [2.75, 3.05) is 0 Å². The van der Waals surface area contributed by atoms with Crippen molar-refractivity contribution in [2.45, 2.75) is 22.9 Å². The van der Waals surface area contributed by atoms with Gasteiger partial charge in [-0.1, -0.05) is 66.4 Å². The molecule has 1 N–H and O–H groups in total. The molecule has 1 aromatic heterocycles. The second kappa shape index (κ2) is 6.77. The van der Waals surface area contributed by atoms with Gasteiger partial charge in [-0.3, -0.25) is 0 Å². The van der Waals surface area contributed by atoms with Gasteiger partial charge in [-0.05, 0) is 30.7 Å². The minimum Gasteiger partial charge on any atom is -0.384 e. The Balaban J connectivity index is 1.83. The van der Waals surface area contributed by atoms with Crippen molar-refractivity contribution >= 4 is 11.8 Å². The van der Waals surface area contributed by atoms with E-state index in [4.69, 9.17) is 0 Å². The van der Waals surface area contributed by atoms with Crippen LogP contribution in [0.3, 0.4) is 0 Å². The van der Waals surface area contributed by atoms with Crippen molar-refractivity contribution in [1.82, 2.24) is 4.98 Å². The topological polar surface area (TPSA) is 33.1 Å². The van der Waals surface area contributed by atoms with E-state index in [1.165, 1.54) is 0 Å². The molecule has 3 aromatic rings. The standard InChI is InChI=1S/C19H17NOS/c1-14-17(19(21)15-8-4-2-5-9-15)12-13-18(20-14)22-16-10-6-3-7-11-16/h2-13,19,21H,1H3/t19-/m0/s1. The molecule has 0 bridgehead atoms. The first-order valence-electron chi connectivity index (χ1n) is 7.17. The zero-order valence-electron chi connectivity index (χ0n) is 12.3. The molecule has 0 fully saturated rings. The Kier molecular flexibility index (Phi) is 4.56. The predicted octanol–water partition coefficient (Wildman–Crippen LogP) is 4.62. The number of aliphatic hydroxyl groups is 1. The first-order valence-corrected chi connectivity index (χ1v) is 7.99. The van der Waals surface area contributed by atoms with Gasteiger partial charge < -0.3 is 5.11 Å². The highest BCUT2D eigenvalue weighted by molar-refractivity contribution is 7.99. The summed E-state index contributed by atoms with van der Waals surface area (Å²) in [7, 11) is 0. The van der Waals surface area contributed by atoms with Crippen LogP contribution in [0, 0.1) is 6.92 Å². The number of aromatic nitrogens is 1. The molecule has 0 spiro atoms. The third-order valence-corrected chi connectivity index (χ3v) is 4.42. The van der Waals surface area contributed by atoms with Crippen molar-refractivity contribution in [3.05, 3.63) is 89.6 Å². The predicted molar refractivity (Wildman–Crippen MR) is 90.0 cm³/mol. The van der Waals surface area contributed by atoms with E-state index in [1.807, 2.05) is 67.6 Å². The Morgan fingerprint density at radius 1 is 0.864 bits per heavy atom. The summed E-state index contributed by atoms with van der Waals surface area (Å²) in [4.78, 5) is 5.78. The van der Waals surface area contributed by atoms with Crippen molar-refractivity contribution in [1.29, 1.82) is 0 Å². The fourth-order valence-corrected chi connectivity index (χ4v) is 3.17. The molecule has 0 aliphatic carbocycles. The first kappa shape index (κ1) is 14.8. The summed E-state index contributed by atoms with van der Waals surface area (Å²) in [6.45, 7) is 1.94. The highest BCUT2D eigenvalue weighted by Gasteiger charge is 2.14. The average molecular weight is 307 g/mol. The summed E-state index contributed by atoms with van der Waals surface area (Å²) in [5.74, 6) is 0. The van der Waals surface area contributed by atoms with Crippen molar-refractivity contribution in [3.8, 4) is 0 Å². The molecule has 110 valence electrons. The van der Waals surface area contributed by atoms with Gasteiger partial charge in [0, 0.05) is 16.2 Å². The number of hydrogen-bond donors (Lipinski definition) is 1. The Morgan fingerprint density at radius 2 is 1.50 bits per heavy atom. The Bertz CT molecular complexity index is 744. The van der Waals surface area contributed by atoms with Crippen LogP contribution in [0.2, 0.25) is 0 Å². The van der Waals surface area contributed by atoms with E-state index in [-0.39, 0.29) is 0 Å². The van der Waals surface area contributed by atoms with Gasteiger partial charge in [0.25, 0.3) is 0 Å². The lowest BCUT2D eigenvalue weighted by molar-refractivity contribution is 0.219. The van der Waals surface area contributed by atoms with Gasteiger partial charge in [0.1, 0.15) is 11.1 Å². The van der Waals surface area contributed by atoms with E-state index in [2.05, 4.69) is 17.1 Å². The fourth-order valence-electron chi connectivity index (χ4n) is 2.32. The molecule has 3 heteroatoms. The van der Waals surface area contributed by atoms with E-state index in [1.54, 1.807) is 11.8 Å². The molecular formula is C19H17NOS. The van der Waals surface area contributed by atoms with Gasteiger partial charge in [-0.25, -0.2) is 4.98 Å². The second-order valence-corrected chi connectivity index (χ2v) is 6.15. The van der Waals surface area contributed by atoms with Crippen LogP contribution in [0.25, 0.3) is 0 Å². The third kappa shape index (κ3) is 3.38. The molecule has 3 rings (SSSR count). The summed E-state index contributed by atoms with van der Waals surface area (Å²) in [5.41, 5.74) is 2.59. The number of benzene rings is 2. The third-order valence-electron chi connectivity index (χ3n) is 3.48. The minimum atomic E-state index is -0.635. The van der Waals surface area contributed by atoms with E-state index in [0.29, 0.717) is 0 Å². The van der Waals surface area contributed by atoms with E-state index >= 15 is 0 Å². The first-order chi connectivity index (χ1) is 10.7. The van der Waals surface area contributed by atoms with E-state index in [0.717, 1.165) is 26.7 Å². The monoisotopic (exact) mass is 307 g/mol. The molecule has 1 atom stereocenters. The Morgan fingerprint density at radius 3 is 2.14 bits per heavy atom. The van der Waals surface area contributed by atoms with Crippen LogP contribution in [0.4, 0.5) is 0 Å². The molecule has 1 heterocycles. The maximum absolute atomic E-state index is 10.5. The summed E-state index contributed by atoms with van der Waals surface area (Å²) < 4.78 is 0. The SMILES string of the molecule is Cc1nc(Sc2ccccc2)ccc1[C@@H](O)c1ccccc1. The van der Waals surface area contributed by atoms with Gasteiger partial charge in [0.05, 0.1) is 0 Å². The average Bonchev–Trinajstić information content (AvgIpc) is 2.56. The quantitative estimate of drug-likeness (QED) is 0.763. The Hall–Kier alpha value is -2.10. The minimum absolute atomic E-state index is 0.635. The molecule has 0 unspecified atom stereocenters. The van der Waals surface area contributed by atoms with Gasteiger partial charge >= 0.3 is 0 Å². The summed E-state index contributed by atoms with van der Waals surface area (Å²) in [5, 5.41) is 11.4. The smallest absolute Gasteiger partial charge is 0.106 e. The molecule has 0 amide bonds.